The number of nitrogen functional groups attached to an aromatic ring is 1. The summed E-state index contributed by atoms with van der Waals surface area (Å²) < 4.78 is 0. The van der Waals surface area contributed by atoms with Gasteiger partial charge in [-0.05, 0) is 41.3 Å². The molecule has 0 saturated carbocycles. The smallest absolute Gasteiger partial charge is 0.124 e. The lowest BCUT2D eigenvalue weighted by atomic mass is 9.97. The van der Waals surface area contributed by atoms with Gasteiger partial charge in [-0.2, -0.15) is 0 Å². The van der Waals surface area contributed by atoms with Gasteiger partial charge in [0, 0.05) is 11.9 Å². The topological polar surface area (TPSA) is 64.9 Å². The maximum absolute atomic E-state index is 5.84. The molecule has 3 nitrogen and oxygen atoms in total. The molecule has 0 spiro atoms. The van der Waals surface area contributed by atoms with E-state index in [1.165, 1.54) is 0 Å². The van der Waals surface area contributed by atoms with Gasteiger partial charge in [0.1, 0.15) is 5.82 Å². The van der Waals surface area contributed by atoms with E-state index >= 15 is 0 Å². The van der Waals surface area contributed by atoms with Gasteiger partial charge in [0.25, 0.3) is 0 Å². The summed E-state index contributed by atoms with van der Waals surface area (Å²) in [7, 11) is 0. The van der Waals surface area contributed by atoms with Gasteiger partial charge in [-0.15, -0.1) is 24.8 Å². The molecule has 4 N–H and O–H groups in total. The van der Waals surface area contributed by atoms with Gasteiger partial charge < -0.3 is 11.5 Å². The van der Waals surface area contributed by atoms with Crippen LogP contribution in [0.1, 0.15) is 11.1 Å². The standard InChI is InChI=1S/C17H17N3.2ClH/c1-11-8-17(19)20-16-9-12(6-7-14(11)16)15-5-3-2-4-13(15)10-18;;/h2-9H,10,18H2,1H3,(H2,19,20);2*1H. The Kier molecular flexibility index (Phi) is 6.18. The first-order chi connectivity index (χ1) is 9.69. The lowest BCUT2D eigenvalue weighted by molar-refractivity contribution is 1.07. The molecule has 22 heavy (non-hydrogen) atoms. The average molecular weight is 336 g/mol. The molecule has 1 aromatic heterocycles. The van der Waals surface area contributed by atoms with Crippen molar-refractivity contribution in [1.82, 2.24) is 4.98 Å². The van der Waals surface area contributed by atoms with E-state index < -0.39 is 0 Å². The number of halogens is 2. The minimum atomic E-state index is 0. The monoisotopic (exact) mass is 335 g/mol. The van der Waals surface area contributed by atoms with Crippen LogP contribution in [0.5, 0.6) is 0 Å². The number of rotatable bonds is 2. The molecule has 2 aromatic carbocycles. The van der Waals surface area contributed by atoms with Crippen LogP contribution in [0.4, 0.5) is 5.82 Å². The fourth-order valence-corrected chi connectivity index (χ4v) is 2.58. The second kappa shape index (κ2) is 7.45. The van der Waals surface area contributed by atoms with Gasteiger partial charge >= 0.3 is 0 Å². The number of hydrogen-bond donors (Lipinski definition) is 2. The van der Waals surface area contributed by atoms with Crippen molar-refractivity contribution in [2.24, 2.45) is 5.73 Å². The van der Waals surface area contributed by atoms with Crippen molar-refractivity contribution < 1.29 is 0 Å². The Morgan fingerprint density at radius 3 is 2.45 bits per heavy atom. The maximum atomic E-state index is 5.84. The number of nitrogens with zero attached hydrogens (tertiary/aromatic N) is 1. The minimum absolute atomic E-state index is 0. The predicted octanol–water partition coefficient (Wildman–Crippen LogP) is 4.09. The van der Waals surface area contributed by atoms with Gasteiger partial charge in [-0.25, -0.2) is 4.98 Å². The van der Waals surface area contributed by atoms with E-state index in [9.17, 15) is 0 Å². The Morgan fingerprint density at radius 1 is 1.00 bits per heavy atom. The number of benzene rings is 2. The van der Waals surface area contributed by atoms with Crippen LogP contribution in [0, 0.1) is 6.92 Å². The highest BCUT2D eigenvalue weighted by Crippen LogP contribution is 2.28. The molecule has 0 atom stereocenters. The van der Waals surface area contributed by atoms with Crippen LogP contribution < -0.4 is 11.5 Å². The highest BCUT2D eigenvalue weighted by Gasteiger charge is 2.06. The molecule has 3 aromatic rings. The lowest BCUT2D eigenvalue weighted by Gasteiger charge is -2.10. The Bertz CT molecular complexity index is 788. The molecular formula is C17H19Cl2N3. The third-order valence-corrected chi connectivity index (χ3v) is 3.58. The first-order valence-corrected chi connectivity index (χ1v) is 6.64. The Morgan fingerprint density at radius 2 is 1.73 bits per heavy atom. The molecule has 5 heteroatoms. The predicted molar refractivity (Wildman–Crippen MR) is 98.7 cm³/mol. The zero-order valence-electron chi connectivity index (χ0n) is 12.2. The van der Waals surface area contributed by atoms with E-state index in [0.717, 1.165) is 33.2 Å². The normalized spacial score (nSPS) is 9.91. The zero-order valence-corrected chi connectivity index (χ0v) is 13.9. The van der Waals surface area contributed by atoms with Crippen LogP contribution >= 0.6 is 24.8 Å². The van der Waals surface area contributed by atoms with Gasteiger partial charge in [0.2, 0.25) is 0 Å². The van der Waals surface area contributed by atoms with Crippen molar-refractivity contribution >= 4 is 41.5 Å². The quantitative estimate of drug-likeness (QED) is 0.741. The van der Waals surface area contributed by atoms with Crippen molar-refractivity contribution in [1.29, 1.82) is 0 Å². The fraction of sp³-hybridized carbons (Fsp3) is 0.118. The largest absolute Gasteiger partial charge is 0.384 e. The van der Waals surface area contributed by atoms with Crippen LogP contribution in [-0.4, -0.2) is 4.98 Å². The van der Waals surface area contributed by atoms with Gasteiger partial charge in [-0.3, -0.25) is 0 Å². The van der Waals surface area contributed by atoms with Crippen LogP contribution in [0.15, 0.2) is 48.5 Å². The minimum Gasteiger partial charge on any atom is -0.384 e. The van der Waals surface area contributed by atoms with E-state index in [4.69, 9.17) is 11.5 Å². The van der Waals surface area contributed by atoms with E-state index in [-0.39, 0.29) is 24.8 Å². The average Bonchev–Trinajstić information content (AvgIpc) is 2.46. The fourth-order valence-electron chi connectivity index (χ4n) is 2.58. The summed E-state index contributed by atoms with van der Waals surface area (Å²) in [4.78, 5) is 4.42. The summed E-state index contributed by atoms with van der Waals surface area (Å²) >= 11 is 0. The number of nitrogens with two attached hydrogens (primary N) is 2. The van der Waals surface area contributed by atoms with E-state index in [0.29, 0.717) is 12.4 Å². The van der Waals surface area contributed by atoms with Crippen molar-refractivity contribution in [3.8, 4) is 11.1 Å². The lowest BCUT2D eigenvalue weighted by Crippen LogP contribution is -1.99. The third kappa shape index (κ3) is 3.33. The molecule has 0 unspecified atom stereocenters. The highest BCUT2D eigenvalue weighted by atomic mass is 35.5. The molecule has 0 radical (unpaired) electrons. The molecule has 1 heterocycles. The number of anilines is 1. The van der Waals surface area contributed by atoms with Crippen molar-refractivity contribution in [3.05, 3.63) is 59.7 Å². The molecule has 0 aliphatic heterocycles. The van der Waals surface area contributed by atoms with Crippen LogP contribution in [0.2, 0.25) is 0 Å². The van der Waals surface area contributed by atoms with Crippen molar-refractivity contribution in [3.63, 3.8) is 0 Å². The third-order valence-electron chi connectivity index (χ3n) is 3.58. The van der Waals surface area contributed by atoms with Crippen molar-refractivity contribution in [2.75, 3.05) is 5.73 Å². The van der Waals surface area contributed by atoms with Gasteiger partial charge in [-0.1, -0.05) is 36.4 Å². The molecular weight excluding hydrogens is 317 g/mol. The number of aryl methyl sites for hydroxylation is 1. The summed E-state index contributed by atoms with van der Waals surface area (Å²) in [5.74, 6) is 0.555. The Labute approximate surface area is 142 Å². The number of hydrogen-bond acceptors (Lipinski definition) is 3. The molecule has 0 aliphatic carbocycles. The summed E-state index contributed by atoms with van der Waals surface area (Å²) in [5, 5.41) is 1.13. The molecule has 0 fully saturated rings. The molecule has 3 rings (SSSR count). The molecule has 0 saturated heterocycles. The number of pyridine rings is 1. The number of fused-ring (bicyclic) bond motifs is 1. The molecule has 116 valence electrons. The first kappa shape index (κ1) is 18.2. The maximum Gasteiger partial charge on any atom is 0.124 e. The van der Waals surface area contributed by atoms with Gasteiger partial charge in [0.15, 0.2) is 0 Å². The summed E-state index contributed by atoms with van der Waals surface area (Å²) in [6, 6.07) is 16.4. The Hall–Kier alpha value is -1.81. The van der Waals surface area contributed by atoms with Crippen LogP contribution in [-0.2, 0) is 6.54 Å². The molecule has 0 bridgehead atoms. The second-order valence-electron chi connectivity index (χ2n) is 4.96. The van der Waals surface area contributed by atoms with Crippen LogP contribution in [0.25, 0.3) is 22.0 Å². The zero-order chi connectivity index (χ0) is 14.1. The summed E-state index contributed by atoms with van der Waals surface area (Å²) in [5.41, 5.74) is 17.1. The number of aromatic nitrogens is 1. The van der Waals surface area contributed by atoms with Crippen molar-refractivity contribution in [2.45, 2.75) is 13.5 Å². The summed E-state index contributed by atoms with van der Waals surface area (Å²) in [6.45, 7) is 2.57. The van der Waals surface area contributed by atoms with E-state index in [1.807, 2.05) is 25.1 Å². The molecule has 0 amide bonds. The second-order valence-corrected chi connectivity index (χ2v) is 4.96. The van der Waals surface area contributed by atoms with E-state index in [1.54, 1.807) is 0 Å². The highest BCUT2D eigenvalue weighted by molar-refractivity contribution is 5.88. The summed E-state index contributed by atoms with van der Waals surface area (Å²) in [6.07, 6.45) is 0. The van der Waals surface area contributed by atoms with Gasteiger partial charge in [0.05, 0.1) is 5.52 Å². The van der Waals surface area contributed by atoms with Crippen LogP contribution in [0.3, 0.4) is 0 Å². The molecule has 0 aliphatic rings. The Balaban J connectivity index is 0.00000121. The van der Waals surface area contributed by atoms with E-state index in [2.05, 4.69) is 35.3 Å². The first-order valence-electron chi connectivity index (χ1n) is 6.64. The SMILES string of the molecule is Cc1cc(N)nc2cc(-c3ccccc3CN)ccc12.Cl.Cl.